The van der Waals surface area contributed by atoms with E-state index in [0.29, 0.717) is 11.5 Å². The zero-order valence-corrected chi connectivity index (χ0v) is 17.0. The number of phenols is 1. The van der Waals surface area contributed by atoms with Crippen LogP contribution in [0.15, 0.2) is 53.3 Å². The van der Waals surface area contributed by atoms with E-state index in [9.17, 15) is 5.11 Å². The number of aromatic hydroxyl groups is 1. The molecule has 1 aromatic rings. The Bertz CT molecular complexity index is 616. The predicted octanol–water partition coefficient (Wildman–Crippen LogP) is 5.34. The molecule has 0 saturated heterocycles. The van der Waals surface area contributed by atoms with Crippen LogP contribution in [-0.2, 0) is 11.2 Å². The smallest absolute Gasteiger partial charge is 0.205 e. The van der Waals surface area contributed by atoms with E-state index in [1.54, 1.807) is 12.1 Å². The molecule has 0 aliphatic heterocycles. The van der Waals surface area contributed by atoms with Crippen LogP contribution in [-0.4, -0.2) is 21.2 Å². The fourth-order valence-corrected chi connectivity index (χ4v) is 2.31. The monoisotopic (exact) mass is 366 g/mol. The Morgan fingerprint density at radius 2 is 1.84 bits per heavy atom. The maximum absolute atomic E-state index is 9.58. The summed E-state index contributed by atoms with van der Waals surface area (Å²) in [5.74, 6) is 0.905. The van der Waals surface area contributed by atoms with Crippen LogP contribution in [0.4, 0.5) is 0 Å². The summed E-state index contributed by atoms with van der Waals surface area (Å²) < 4.78 is 5.39. The lowest BCUT2D eigenvalue weighted by Gasteiger charge is -2.10. The van der Waals surface area contributed by atoms with Gasteiger partial charge in [-0.25, -0.2) is 0 Å². The first-order valence-electron chi connectivity index (χ1n) is 8.40. The van der Waals surface area contributed by atoms with Crippen molar-refractivity contribution in [3.8, 4) is 5.75 Å². The molecule has 0 radical (unpaired) electrons. The average molecular weight is 366 g/mol. The maximum atomic E-state index is 9.58. The minimum absolute atomic E-state index is 0.102. The van der Waals surface area contributed by atoms with Crippen molar-refractivity contribution in [3.05, 3.63) is 64.5 Å². The number of rotatable bonds is 7. The summed E-state index contributed by atoms with van der Waals surface area (Å²) in [6.07, 6.45) is 6.20. The molecule has 0 fully saturated rings. The maximum Gasteiger partial charge on any atom is 0.205 e. The van der Waals surface area contributed by atoms with E-state index < -0.39 is 8.38 Å². The largest absolute Gasteiger partial charge is 0.508 e. The van der Waals surface area contributed by atoms with Crippen molar-refractivity contribution in [1.29, 1.82) is 0 Å². The summed E-state index contributed by atoms with van der Waals surface area (Å²) >= 11 is 0. The molecule has 140 valence electrons. The van der Waals surface area contributed by atoms with Gasteiger partial charge in [0.1, 0.15) is 11.5 Å². The van der Waals surface area contributed by atoms with Crippen LogP contribution >= 0.6 is 8.38 Å². The van der Waals surface area contributed by atoms with Crippen molar-refractivity contribution in [2.75, 3.05) is 6.35 Å². The van der Waals surface area contributed by atoms with Gasteiger partial charge in [-0.1, -0.05) is 37.6 Å². The lowest BCUT2D eigenvalue weighted by Crippen LogP contribution is -1.94. The van der Waals surface area contributed by atoms with E-state index in [4.69, 9.17) is 14.5 Å². The molecule has 0 aromatic heterocycles. The molecule has 25 heavy (non-hydrogen) atoms. The summed E-state index contributed by atoms with van der Waals surface area (Å²) in [6, 6.07) is 5.60. The highest BCUT2D eigenvalue weighted by Crippen LogP contribution is 2.25. The van der Waals surface area contributed by atoms with E-state index in [0.717, 1.165) is 23.1 Å². The van der Waals surface area contributed by atoms with E-state index in [2.05, 4.69) is 0 Å². The van der Waals surface area contributed by atoms with Crippen molar-refractivity contribution in [3.63, 3.8) is 0 Å². The van der Waals surface area contributed by atoms with Crippen LogP contribution in [0.25, 0.3) is 0 Å². The number of allylic oxidation sites excluding steroid dienone is 5. The lowest BCUT2D eigenvalue weighted by molar-refractivity contribution is 0.261. The summed E-state index contributed by atoms with van der Waals surface area (Å²) in [6.45, 7) is 11.8. The molecule has 0 amide bonds. The molecule has 1 rings (SSSR count). The standard InChI is InChI=1S/C18H25O4P.C2H6/c1-5-6-17(22-12-23(20)21)11-14(3)13(2)9-16-7-8-18(19)15(4)10-16;1-2/h5-8,10-11,19-21H,9,12H2,1-4H3;1-2H3/b6-5+,14-13+,17-11+;. The zero-order valence-electron chi connectivity index (χ0n) is 16.1. The summed E-state index contributed by atoms with van der Waals surface area (Å²) in [5.41, 5.74) is 4.23. The highest BCUT2D eigenvalue weighted by molar-refractivity contribution is 7.44. The van der Waals surface area contributed by atoms with Gasteiger partial charge in [0, 0.05) is 0 Å². The Morgan fingerprint density at radius 3 is 2.36 bits per heavy atom. The minimum Gasteiger partial charge on any atom is -0.508 e. The Balaban J connectivity index is 0.00000277. The van der Waals surface area contributed by atoms with Gasteiger partial charge in [-0.2, -0.15) is 0 Å². The van der Waals surface area contributed by atoms with Gasteiger partial charge in [0.15, 0.2) is 6.35 Å². The molecule has 0 aliphatic carbocycles. The third kappa shape index (κ3) is 9.45. The van der Waals surface area contributed by atoms with Crippen LogP contribution in [0.1, 0.15) is 45.7 Å². The highest BCUT2D eigenvalue weighted by Gasteiger charge is 2.04. The summed E-state index contributed by atoms with van der Waals surface area (Å²) in [7, 11) is -2.07. The molecule has 1 aromatic carbocycles. The second-order valence-electron chi connectivity index (χ2n) is 5.45. The van der Waals surface area contributed by atoms with E-state index >= 15 is 0 Å². The Kier molecular flexibility index (Phi) is 11.9. The normalized spacial score (nSPS) is 12.8. The second-order valence-corrected chi connectivity index (χ2v) is 6.46. The number of hydrogen-bond acceptors (Lipinski definition) is 4. The molecular formula is C20H31O4P. The first-order chi connectivity index (χ1) is 11.8. The lowest BCUT2D eigenvalue weighted by atomic mass is 10.00. The number of aryl methyl sites for hydroxylation is 1. The number of hydrogen-bond donors (Lipinski definition) is 3. The van der Waals surface area contributed by atoms with Crippen molar-refractivity contribution in [2.45, 2.75) is 48.0 Å². The van der Waals surface area contributed by atoms with Gasteiger partial charge in [0.2, 0.25) is 8.38 Å². The molecule has 4 nitrogen and oxygen atoms in total. The van der Waals surface area contributed by atoms with Gasteiger partial charge in [-0.05, 0) is 69.0 Å². The zero-order chi connectivity index (χ0) is 19.4. The van der Waals surface area contributed by atoms with E-state index in [-0.39, 0.29) is 6.35 Å². The van der Waals surface area contributed by atoms with Gasteiger partial charge in [-0.3, -0.25) is 0 Å². The van der Waals surface area contributed by atoms with Gasteiger partial charge in [-0.15, -0.1) is 0 Å². The topological polar surface area (TPSA) is 69.9 Å². The average Bonchev–Trinajstić information content (AvgIpc) is 2.58. The van der Waals surface area contributed by atoms with Crippen LogP contribution in [0.5, 0.6) is 5.75 Å². The quantitative estimate of drug-likeness (QED) is 0.346. The second kappa shape index (κ2) is 12.7. The molecule has 0 bridgehead atoms. The van der Waals surface area contributed by atoms with Gasteiger partial charge in [0.05, 0.1) is 0 Å². The Morgan fingerprint density at radius 1 is 1.20 bits per heavy atom. The Hall–Kier alpha value is -1.61. The molecule has 0 spiro atoms. The van der Waals surface area contributed by atoms with Crippen LogP contribution in [0.3, 0.4) is 0 Å². The van der Waals surface area contributed by atoms with Crippen molar-refractivity contribution >= 4 is 8.38 Å². The van der Waals surface area contributed by atoms with Gasteiger partial charge in [0.25, 0.3) is 0 Å². The van der Waals surface area contributed by atoms with Gasteiger partial charge >= 0.3 is 0 Å². The fraction of sp³-hybridized carbons (Fsp3) is 0.400. The number of benzene rings is 1. The fourth-order valence-electron chi connectivity index (χ4n) is 2.04. The van der Waals surface area contributed by atoms with Crippen LogP contribution in [0.2, 0.25) is 0 Å². The SMILES string of the molecule is C/C=C/C(=C\C(C)=C(/C)Cc1ccc(O)c(C)c1)OCP(O)O.CC. The number of phenolic OH excluding ortho intramolecular Hbond substituents is 1. The molecule has 3 N–H and O–H groups in total. The summed E-state index contributed by atoms with van der Waals surface area (Å²) in [4.78, 5) is 17.9. The van der Waals surface area contributed by atoms with Crippen molar-refractivity contribution < 1.29 is 19.6 Å². The molecule has 0 unspecified atom stereocenters. The first-order valence-corrected chi connectivity index (χ1v) is 9.84. The predicted molar refractivity (Wildman–Crippen MR) is 106 cm³/mol. The third-order valence-corrected chi connectivity index (χ3v) is 3.80. The highest BCUT2D eigenvalue weighted by atomic mass is 31.2. The molecule has 5 heteroatoms. The van der Waals surface area contributed by atoms with Crippen molar-refractivity contribution in [1.82, 2.24) is 0 Å². The van der Waals surface area contributed by atoms with E-state index in [1.165, 1.54) is 5.57 Å². The van der Waals surface area contributed by atoms with Crippen LogP contribution < -0.4 is 0 Å². The van der Waals surface area contributed by atoms with E-state index in [1.807, 2.05) is 65.8 Å². The molecule has 0 saturated carbocycles. The minimum atomic E-state index is -2.07. The summed E-state index contributed by atoms with van der Waals surface area (Å²) in [5, 5.41) is 9.58. The van der Waals surface area contributed by atoms with Crippen LogP contribution in [0, 0.1) is 6.92 Å². The Labute approximate surface area is 153 Å². The van der Waals surface area contributed by atoms with Crippen molar-refractivity contribution in [2.24, 2.45) is 0 Å². The molecule has 0 atom stereocenters. The molecular weight excluding hydrogens is 335 g/mol. The molecule has 0 heterocycles. The van der Waals surface area contributed by atoms with Gasteiger partial charge < -0.3 is 19.6 Å². The number of ether oxygens (including phenoxy) is 1. The third-order valence-electron chi connectivity index (χ3n) is 3.44. The molecule has 0 aliphatic rings. The first kappa shape index (κ1) is 23.4.